The van der Waals surface area contributed by atoms with Crippen LogP contribution in [0.1, 0.15) is 47.2 Å². The molecule has 0 unspecified atom stereocenters. The normalized spacial score (nSPS) is 15.0. The average Bonchev–Trinajstić information content (AvgIpc) is 2.74. The maximum Gasteiger partial charge on any atom is 0.262 e. The molecule has 2 aromatic rings. The van der Waals surface area contributed by atoms with E-state index < -0.39 is 10.0 Å². The molecule has 0 bridgehead atoms. The van der Waals surface area contributed by atoms with E-state index in [2.05, 4.69) is 14.9 Å². The number of carbonyl (C=O) groups excluding carboxylic acids is 1. The van der Waals surface area contributed by atoms with Gasteiger partial charge in [0.15, 0.2) is 0 Å². The zero-order chi connectivity index (χ0) is 21.6. The number of hydrogen-bond acceptors (Lipinski definition) is 4. The fourth-order valence-electron chi connectivity index (χ4n) is 3.69. The second kappa shape index (κ2) is 10.1. The molecule has 1 aliphatic rings. The first-order valence-corrected chi connectivity index (χ1v) is 12.0. The summed E-state index contributed by atoms with van der Waals surface area (Å²) in [6, 6.07) is 11.8. The third-order valence-electron chi connectivity index (χ3n) is 5.42. The highest BCUT2D eigenvalue weighted by molar-refractivity contribution is 7.92. The third kappa shape index (κ3) is 6.06. The number of aryl methyl sites for hydroxylation is 2. The van der Waals surface area contributed by atoms with E-state index in [1.807, 2.05) is 13.0 Å². The van der Waals surface area contributed by atoms with Gasteiger partial charge in [-0.3, -0.25) is 9.52 Å². The molecule has 1 fully saturated rings. The first-order chi connectivity index (χ1) is 14.3. The van der Waals surface area contributed by atoms with E-state index >= 15 is 0 Å². The number of likely N-dealkylation sites (tertiary alicyclic amines) is 1. The fraction of sp³-hybridized carbons (Fsp3) is 0.435. The summed E-state index contributed by atoms with van der Waals surface area (Å²) >= 11 is 0. The van der Waals surface area contributed by atoms with Gasteiger partial charge in [-0.2, -0.15) is 0 Å². The number of nitrogens with zero attached hydrogens (tertiary/aromatic N) is 1. The summed E-state index contributed by atoms with van der Waals surface area (Å²) in [5, 5.41) is 2.94. The van der Waals surface area contributed by atoms with Crippen molar-refractivity contribution in [3.63, 3.8) is 0 Å². The number of carbonyl (C=O) groups is 1. The maximum atomic E-state index is 12.7. The van der Waals surface area contributed by atoms with Gasteiger partial charge in [0, 0.05) is 17.8 Å². The van der Waals surface area contributed by atoms with Crippen LogP contribution in [-0.4, -0.2) is 45.4 Å². The second-order valence-electron chi connectivity index (χ2n) is 7.96. The van der Waals surface area contributed by atoms with Crippen LogP contribution in [0.4, 0.5) is 5.69 Å². The highest BCUT2D eigenvalue weighted by Gasteiger charge is 2.17. The Bertz CT molecular complexity index is 966. The molecule has 2 N–H and O–H groups in total. The summed E-state index contributed by atoms with van der Waals surface area (Å²) in [6.07, 6.45) is 4.79. The highest BCUT2D eigenvalue weighted by Crippen LogP contribution is 2.21. The van der Waals surface area contributed by atoms with E-state index in [0.29, 0.717) is 23.4 Å². The van der Waals surface area contributed by atoms with Gasteiger partial charge in [-0.25, -0.2) is 8.42 Å². The molecule has 2 aromatic carbocycles. The SMILES string of the molecule is Cc1ccc(C)c(S(=O)(=O)Nc2ccc(C(=O)NCCCN3CCCCC3)cc2)c1. The van der Waals surface area contributed by atoms with E-state index in [4.69, 9.17) is 0 Å². The van der Waals surface area contributed by atoms with Crippen LogP contribution in [0, 0.1) is 13.8 Å². The summed E-state index contributed by atoms with van der Waals surface area (Å²) < 4.78 is 28.0. The van der Waals surface area contributed by atoms with Crippen molar-refractivity contribution in [1.29, 1.82) is 0 Å². The summed E-state index contributed by atoms with van der Waals surface area (Å²) in [5.74, 6) is -0.141. The Labute approximate surface area is 179 Å². The van der Waals surface area contributed by atoms with Crippen LogP contribution in [0.2, 0.25) is 0 Å². The van der Waals surface area contributed by atoms with Crippen molar-refractivity contribution >= 4 is 21.6 Å². The minimum absolute atomic E-state index is 0.141. The molecular formula is C23H31N3O3S. The molecule has 0 aliphatic carbocycles. The Balaban J connectivity index is 1.52. The van der Waals surface area contributed by atoms with E-state index in [0.717, 1.165) is 31.6 Å². The van der Waals surface area contributed by atoms with Crippen molar-refractivity contribution in [2.24, 2.45) is 0 Å². The minimum Gasteiger partial charge on any atom is -0.352 e. The molecule has 1 heterocycles. The molecule has 1 amide bonds. The van der Waals surface area contributed by atoms with Crippen molar-refractivity contribution in [1.82, 2.24) is 10.2 Å². The minimum atomic E-state index is -3.68. The van der Waals surface area contributed by atoms with Crippen molar-refractivity contribution in [2.75, 3.05) is 30.9 Å². The maximum absolute atomic E-state index is 12.7. The number of nitrogens with one attached hydrogen (secondary N) is 2. The number of anilines is 1. The smallest absolute Gasteiger partial charge is 0.262 e. The molecule has 0 saturated carbocycles. The highest BCUT2D eigenvalue weighted by atomic mass is 32.2. The van der Waals surface area contributed by atoms with Gasteiger partial charge < -0.3 is 10.2 Å². The molecule has 0 radical (unpaired) electrons. The Kier molecular flexibility index (Phi) is 7.50. The number of piperidine rings is 1. The molecule has 1 aliphatic heterocycles. The van der Waals surface area contributed by atoms with E-state index in [9.17, 15) is 13.2 Å². The lowest BCUT2D eigenvalue weighted by atomic mass is 10.1. The molecular weight excluding hydrogens is 398 g/mol. The quantitative estimate of drug-likeness (QED) is 0.627. The van der Waals surface area contributed by atoms with E-state index in [-0.39, 0.29) is 10.8 Å². The van der Waals surface area contributed by atoms with Gasteiger partial charge in [0.2, 0.25) is 0 Å². The van der Waals surface area contributed by atoms with Gasteiger partial charge in [0.05, 0.1) is 4.90 Å². The summed E-state index contributed by atoms with van der Waals surface area (Å²) in [7, 11) is -3.68. The summed E-state index contributed by atoms with van der Waals surface area (Å²) in [5.41, 5.74) is 2.52. The Hall–Kier alpha value is -2.38. The van der Waals surface area contributed by atoms with Crippen molar-refractivity contribution in [2.45, 2.75) is 44.4 Å². The van der Waals surface area contributed by atoms with Gasteiger partial charge in [0.25, 0.3) is 15.9 Å². The number of amides is 1. The van der Waals surface area contributed by atoms with Crippen LogP contribution in [0.25, 0.3) is 0 Å². The van der Waals surface area contributed by atoms with Crippen LogP contribution in [0.3, 0.4) is 0 Å². The lowest BCUT2D eigenvalue weighted by Crippen LogP contribution is -2.33. The predicted octanol–water partition coefficient (Wildman–Crippen LogP) is 3.71. The standard InChI is InChI=1S/C23H31N3O3S/c1-18-7-8-19(2)22(17-18)30(28,29)25-21-11-9-20(10-12-21)23(27)24-13-6-16-26-14-4-3-5-15-26/h7-12,17,25H,3-6,13-16H2,1-2H3,(H,24,27). The summed E-state index contributed by atoms with van der Waals surface area (Å²) in [6.45, 7) is 7.60. The molecule has 1 saturated heterocycles. The van der Waals surface area contributed by atoms with Gasteiger partial charge in [-0.1, -0.05) is 18.6 Å². The summed E-state index contributed by atoms with van der Waals surface area (Å²) in [4.78, 5) is 15.0. The third-order valence-corrected chi connectivity index (χ3v) is 6.94. The molecule has 0 aromatic heterocycles. The largest absolute Gasteiger partial charge is 0.352 e. The van der Waals surface area contributed by atoms with Crippen LogP contribution >= 0.6 is 0 Å². The molecule has 3 rings (SSSR count). The number of hydrogen-bond donors (Lipinski definition) is 2. The van der Waals surface area contributed by atoms with Gasteiger partial charge in [-0.05, 0) is 94.2 Å². The van der Waals surface area contributed by atoms with Gasteiger partial charge in [0.1, 0.15) is 0 Å². The monoisotopic (exact) mass is 429 g/mol. The second-order valence-corrected chi connectivity index (χ2v) is 9.61. The first-order valence-electron chi connectivity index (χ1n) is 10.6. The van der Waals surface area contributed by atoms with Crippen molar-refractivity contribution in [3.8, 4) is 0 Å². The number of rotatable bonds is 8. The zero-order valence-electron chi connectivity index (χ0n) is 17.8. The molecule has 0 spiro atoms. The lowest BCUT2D eigenvalue weighted by molar-refractivity contribution is 0.0951. The number of sulfonamides is 1. The Morgan fingerprint density at radius 1 is 1.00 bits per heavy atom. The first kappa shape index (κ1) is 22.3. The van der Waals surface area contributed by atoms with E-state index in [1.165, 1.54) is 19.3 Å². The predicted molar refractivity (Wildman–Crippen MR) is 120 cm³/mol. The zero-order valence-corrected chi connectivity index (χ0v) is 18.6. The number of benzene rings is 2. The topological polar surface area (TPSA) is 78.5 Å². The van der Waals surface area contributed by atoms with Crippen LogP contribution in [0.15, 0.2) is 47.4 Å². The fourth-order valence-corrected chi connectivity index (χ4v) is 5.08. The molecule has 6 nitrogen and oxygen atoms in total. The van der Waals surface area contributed by atoms with Crippen LogP contribution in [0.5, 0.6) is 0 Å². The molecule has 30 heavy (non-hydrogen) atoms. The van der Waals surface area contributed by atoms with E-state index in [1.54, 1.807) is 43.3 Å². The Morgan fingerprint density at radius 3 is 2.40 bits per heavy atom. The Morgan fingerprint density at radius 2 is 1.70 bits per heavy atom. The van der Waals surface area contributed by atoms with Crippen molar-refractivity contribution in [3.05, 3.63) is 59.2 Å². The van der Waals surface area contributed by atoms with Gasteiger partial charge >= 0.3 is 0 Å². The van der Waals surface area contributed by atoms with Crippen molar-refractivity contribution < 1.29 is 13.2 Å². The average molecular weight is 430 g/mol. The van der Waals surface area contributed by atoms with Crippen LogP contribution < -0.4 is 10.0 Å². The lowest BCUT2D eigenvalue weighted by Gasteiger charge is -2.26. The molecule has 0 atom stereocenters. The molecule has 162 valence electrons. The van der Waals surface area contributed by atoms with Crippen LogP contribution in [-0.2, 0) is 10.0 Å². The molecule has 7 heteroatoms. The van der Waals surface area contributed by atoms with Gasteiger partial charge in [-0.15, -0.1) is 0 Å².